The number of benzene rings is 1. The third-order valence-corrected chi connectivity index (χ3v) is 4.42. The minimum absolute atomic E-state index is 0.0929. The number of carbonyl (C=O) groups is 1. The van der Waals surface area contributed by atoms with Gasteiger partial charge in [-0.2, -0.15) is 0 Å². The molecule has 0 bridgehead atoms. The Balaban J connectivity index is 1.98. The highest BCUT2D eigenvalue weighted by molar-refractivity contribution is 6.06. The quantitative estimate of drug-likeness (QED) is 0.739. The van der Waals surface area contributed by atoms with Gasteiger partial charge in [0.25, 0.3) is 5.91 Å². The first-order chi connectivity index (χ1) is 12.0. The largest absolute Gasteiger partial charge is 0.344 e. The van der Waals surface area contributed by atoms with E-state index in [1.807, 2.05) is 32.9 Å². The zero-order chi connectivity index (χ0) is 18.0. The van der Waals surface area contributed by atoms with Crippen molar-refractivity contribution in [2.24, 2.45) is 0 Å². The van der Waals surface area contributed by atoms with Gasteiger partial charge >= 0.3 is 0 Å². The van der Waals surface area contributed by atoms with Gasteiger partial charge in [-0.15, -0.1) is 0 Å². The summed E-state index contributed by atoms with van der Waals surface area (Å²) in [5, 5.41) is 4.01. The van der Waals surface area contributed by atoms with E-state index in [1.165, 1.54) is 5.56 Å². The lowest BCUT2D eigenvalue weighted by Crippen LogP contribution is -2.29. The molecule has 0 aliphatic carbocycles. The summed E-state index contributed by atoms with van der Waals surface area (Å²) in [5.74, 6) is 0.697. The molecule has 0 fully saturated rings. The molecule has 5 nitrogen and oxygen atoms in total. The molecule has 130 valence electrons. The summed E-state index contributed by atoms with van der Waals surface area (Å²) in [6.45, 7) is 8.01. The van der Waals surface area contributed by atoms with Crippen molar-refractivity contribution < 1.29 is 4.79 Å². The Morgan fingerprint density at radius 2 is 2.04 bits per heavy atom. The Labute approximate surface area is 147 Å². The van der Waals surface area contributed by atoms with Gasteiger partial charge in [0, 0.05) is 23.0 Å². The van der Waals surface area contributed by atoms with Crippen LogP contribution in [-0.2, 0) is 6.42 Å². The van der Waals surface area contributed by atoms with Gasteiger partial charge < -0.3 is 10.3 Å². The second-order valence-corrected chi connectivity index (χ2v) is 6.40. The number of nitrogens with one attached hydrogen (secondary N) is 2. The molecule has 1 amide bonds. The van der Waals surface area contributed by atoms with E-state index in [0.29, 0.717) is 5.56 Å². The number of nitrogens with zero attached hydrogens (tertiary/aromatic N) is 2. The van der Waals surface area contributed by atoms with E-state index in [9.17, 15) is 4.79 Å². The van der Waals surface area contributed by atoms with Crippen LogP contribution in [0, 0.1) is 13.8 Å². The Hall–Kier alpha value is -2.69. The van der Waals surface area contributed by atoms with Gasteiger partial charge in [-0.05, 0) is 50.5 Å². The first-order valence-corrected chi connectivity index (χ1v) is 8.74. The summed E-state index contributed by atoms with van der Waals surface area (Å²) in [7, 11) is 0. The van der Waals surface area contributed by atoms with Crippen molar-refractivity contribution in [2.45, 2.75) is 46.6 Å². The molecular formula is C20H24N4O. The normalized spacial score (nSPS) is 12.3. The smallest absolute Gasteiger partial charge is 0.252 e. The fraction of sp³-hybridized carbons (Fsp3) is 0.350. The summed E-state index contributed by atoms with van der Waals surface area (Å²) in [6, 6.07) is 7.84. The van der Waals surface area contributed by atoms with Crippen molar-refractivity contribution in [3.8, 4) is 0 Å². The maximum Gasteiger partial charge on any atom is 0.252 e. The van der Waals surface area contributed by atoms with Crippen molar-refractivity contribution in [1.82, 2.24) is 20.3 Å². The summed E-state index contributed by atoms with van der Waals surface area (Å²) in [4.78, 5) is 25.1. The molecular weight excluding hydrogens is 312 g/mol. The van der Waals surface area contributed by atoms with Crippen LogP contribution < -0.4 is 5.32 Å². The molecule has 2 heterocycles. The van der Waals surface area contributed by atoms with E-state index in [-0.39, 0.29) is 11.9 Å². The third kappa shape index (κ3) is 3.55. The highest BCUT2D eigenvalue weighted by Crippen LogP contribution is 2.22. The average molecular weight is 336 g/mol. The molecule has 0 saturated carbocycles. The fourth-order valence-corrected chi connectivity index (χ4v) is 3.02. The Bertz CT molecular complexity index is 913. The Morgan fingerprint density at radius 3 is 2.68 bits per heavy atom. The maximum absolute atomic E-state index is 13.0. The lowest BCUT2D eigenvalue weighted by Gasteiger charge is -2.16. The van der Waals surface area contributed by atoms with Gasteiger partial charge in [-0.1, -0.05) is 19.9 Å². The molecule has 2 N–H and O–H groups in total. The number of amides is 1. The SMILES string of the molecule is CCc1ccc2nc(C)cc(C(=O)N[C@H](CC)c3ncc(C)[nH]3)c2c1. The number of rotatable bonds is 5. The number of hydrogen-bond donors (Lipinski definition) is 2. The van der Waals surface area contributed by atoms with E-state index >= 15 is 0 Å². The number of aryl methyl sites for hydroxylation is 3. The van der Waals surface area contributed by atoms with Gasteiger partial charge in [0.15, 0.2) is 0 Å². The molecule has 0 aliphatic heterocycles. The molecule has 0 radical (unpaired) electrons. The number of pyridine rings is 1. The summed E-state index contributed by atoms with van der Waals surface area (Å²) in [5.41, 5.74) is 4.54. The van der Waals surface area contributed by atoms with E-state index in [4.69, 9.17) is 0 Å². The number of aromatic nitrogens is 3. The zero-order valence-corrected chi connectivity index (χ0v) is 15.2. The lowest BCUT2D eigenvalue weighted by atomic mass is 10.0. The van der Waals surface area contributed by atoms with Crippen LogP contribution in [0.2, 0.25) is 0 Å². The second-order valence-electron chi connectivity index (χ2n) is 6.40. The number of fused-ring (bicyclic) bond motifs is 1. The van der Waals surface area contributed by atoms with Crippen molar-refractivity contribution in [2.75, 3.05) is 0 Å². The molecule has 2 aromatic heterocycles. The van der Waals surface area contributed by atoms with Crippen LogP contribution in [0.4, 0.5) is 0 Å². The fourth-order valence-electron chi connectivity index (χ4n) is 3.02. The predicted molar refractivity (Wildman–Crippen MR) is 99.7 cm³/mol. The zero-order valence-electron chi connectivity index (χ0n) is 15.2. The molecule has 3 aromatic rings. The molecule has 0 saturated heterocycles. The van der Waals surface area contributed by atoms with E-state index < -0.39 is 0 Å². The lowest BCUT2D eigenvalue weighted by molar-refractivity contribution is 0.0935. The molecule has 25 heavy (non-hydrogen) atoms. The highest BCUT2D eigenvalue weighted by atomic mass is 16.1. The highest BCUT2D eigenvalue weighted by Gasteiger charge is 2.19. The Morgan fingerprint density at radius 1 is 1.24 bits per heavy atom. The van der Waals surface area contributed by atoms with Crippen molar-refractivity contribution in [3.63, 3.8) is 0 Å². The van der Waals surface area contributed by atoms with E-state index in [1.54, 1.807) is 6.20 Å². The van der Waals surface area contributed by atoms with Crippen molar-refractivity contribution >= 4 is 16.8 Å². The van der Waals surface area contributed by atoms with Crippen LogP contribution in [0.15, 0.2) is 30.5 Å². The minimum atomic E-state index is -0.140. The summed E-state index contributed by atoms with van der Waals surface area (Å²) < 4.78 is 0. The minimum Gasteiger partial charge on any atom is -0.344 e. The molecule has 1 atom stereocenters. The molecule has 0 aliphatic rings. The van der Waals surface area contributed by atoms with E-state index in [2.05, 4.69) is 39.3 Å². The van der Waals surface area contributed by atoms with Crippen LogP contribution in [0.25, 0.3) is 10.9 Å². The number of hydrogen-bond acceptors (Lipinski definition) is 3. The van der Waals surface area contributed by atoms with Gasteiger partial charge in [0.1, 0.15) is 5.82 Å². The van der Waals surface area contributed by atoms with Gasteiger partial charge in [-0.25, -0.2) is 4.98 Å². The first kappa shape index (κ1) is 17.1. The average Bonchev–Trinajstić information content (AvgIpc) is 3.04. The van der Waals surface area contributed by atoms with Crippen LogP contribution in [0.1, 0.15) is 59.4 Å². The topological polar surface area (TPSA) is 70.7 Å². The third-order valence-electron chi connectivity index (χ3n) is 4.42. The number of carbonyl (C=O) groups excluding carboxylic acids is 1. The summed E-state index contributed by atoms with van der Waals surface area (Å²) in [6.07, 6.45) is 3.47. The van der Waals surface area contributed by atoms with Crippen LogP contribution in [-0.4, -0.2) is 20.9 Å². The predicted octanol–water partition coefficient (Wildman–Crippen LogP) is 4.02. The van der Waals surface area contributed by atoms with Crippen LogP contribution in [0.3, 0.4) is 0 Å². The number of imidazole rings is 1. The van der Waals surface area contributed by atoms with Gasteiger partial charge in [-0.3, -0.25) is 9.78 Å². The monoisotopic (exact) mass is 336 g/mol. The number of H-pyrrole nitrogens is 1. The standard InChI is InChI=1S/C20H24N4O/c1-5-14-7-8-18-15(10-14)16(9-12(3)22-18)20(25)24-17(6-2)19-21-11-13(4)23-19/h7-11,17H,5-6H2,1-4H3,(H,21,23)(H,24,25)/t17-/m1/s1. The molecule has 5 heteroatoms. The Kier molecular flexibility index (Phi) is 4.83. The van der Waals surface area contributed by atoms with Gasteiger partial charge in [0.2, 0.25) is 0 Å². The van der Waals surface area contributed by atoms with Crippen LogP contribution >= 0.6 is 0 Å². The second kappa shape index (κ2) is 7.05. The maximum atomic E-state index is 13.0. The molecule has 3 rings (SSSR count). The van der Waals surface area contributed by atoms with Crippen molar-refractivity contribution in [3.05, 3.63) is 58.8 Å². The first-order valence-electron chi connectivity index (χ1n) is 8.74. The van der Waals surface area contributed by atoms with Gasteiger partial charge in [0.05, 0.1) is 17.1 Å². The summed E-state index contributed by atoms with van der Waals surface area (Å²) >= 11 is 0. The molecule has 0 spiro atoms. The van der Waals surface area contributed by atoms with E-state index in [0.717, 1.165) is 41.0 Å². The molecule has 0 unspecified atom stereocenters. The van der Waals surface area contributed by atoms with Crippen molar-refractivity contribution in [1.29, 1.82) is 0 Å². The molecule has 1 aromatic carbocycles. The number of aromatic amines is 1. The van der Waals surface area contributed by atoms with Crippen LogP contribution in [0.5, 0.6) is 0 Å².